The Labute approximate surface area is 302 Å². The predicted octanol–water partition coefficient (Wildman–Crippen LogP) is 16.7. The van der Waals surface area contributed by atoms with Crippen molar-refractivity contribution in [2.24, 2.45) is 17.8 Å². The molecule has 0 saturated carbocycles. The molecule has 4 heteroatoms. The molecule has 6 atom stereocenters. The molecule has 46 heavy (non-hydrogen) atoms. The Morgan fingerprint density at radius 2 is 0.500 bits per heavy atom. The van der Waals surface area contributed by atoms with Crippen molar-refractivity contribution >= 4 is 35.6 Å². The van der Waals surface area contributed by atoms with E-state index in [0.717, 1.165) is 17.8 Å². The minimum absolute atomic E-state index is 0.341. The van der Waals surface area contributed by atoms with Gasteiger partial charge in [-0.05, 0) is 75.5 Å². The topological polar surface area (TPSA) is 0 Å². The maximum Gasteiger partial charge on any atom is 0.00936 e. The van der Waals surface area contributed by atoms with Crippen LogP contribution in [0.25, 0.3) is 0 Å². The van der Waals surface area contributed by atoms with E-state index in [9.17, 15) is 0 Å². The van der Waals surface area contributed by atoms with Crippen molar-refractivity contribution < 1.29 is 0 Å². The van der Waals surface area contributed by atoms with E-state index in [4.69, 9.17) is 0 Å². The molecule has 278 valence electrons. The van der Waals surface area contributed by atoms with Gasteiger partial charge in [0.1, 0.15) is 0 Å². The molecule has 0 aromatic carbocycles. The summed E-state index contributed by atoms with van der Waals surface area (Å²) in [7, 11) is 11.3. The van der Waals surface area contributed by atoms with E-state index in [-0.39, 0.29) is 7.92 Å². The molecule has 0 heterocycles. The van der Waals surface area contributed by atoms with Gasteiger partial charge >= 0.3 is 0 Å². The third-order valence-corrected chi connectivity index (χ3v) is 20.5. The van der Waals surface area contributed by atoms with Crippen LogP contribution in [0.2, 0.25) is 0 Å². The second-order valence-electron chi connectivity index (χ2n) is 15.6. The summed E-state index contributed by atoms with van der Waals surface area (Å²) in [5, 5.41) is 0. The maximum absolute atomic E-state index is 3.88. The first kappa shape index (κ1) is 47.7. The molecule has 0 saturated heterocycles. The first-order valence-corrected chi connectivity index (χ1v) is 24.4. The van der Waals surface area contributed by atoms with Gasteiger partial charge in [-0.2, -0.15) is 0 Å². The Morgan fingerprint density at radius 3 is 0.652 bits per heavy atom. The molecule has 0 aliphatic carbocycles. The normalized spacial score (nSPS) is 17.0. The highest BCUT2D eigenvalue weighted by molar-refractivity contribution is 7.78. The van der Waals surface area contributed by atoms with E-state index < -0.39 is 0 Å². The Morgan fingerprint density at radius 1 is 0.326 bits per heavy atom. The van der Waals surface area contributed by atoms with Crippen LogP contribution in [0.4, 0.5) is 0 Å². The lowest BCUT2D eigenvalue weighted by Crippen LogP contribution is -2.49. The van der Waals surface area contributed by atoms with Crippen molar-refractivity contribution in [1.29, 1.82) is 0 Å². The summed E-state index contributed by atoms with van der Waals surface area (Å²) in [6.45, 7) is 22.0. The van der Waals surface area contributed by atoms with Crippen molar-refractivity contribution in [1.82, 2.24) is 0 Å². The van der Waals surface area contributed by atoms with E-state index in [1.807, 2.05) is 0 Å². The molecule has 0 spiro atoms. The third kappa shape index (κ3) is 15.5. The van der Waals surface area contributed by atoms with Gasteiger partial charge in [-0.25, -0.2) is 0 Å². The van der Waals surface area contributed by atoms with Crippen LogP contribution < -0.4 is 0 Å². The first-order valence-electron chi connectivity index (χ1n) is 21.3. The molecule has 0 aromatic rings. The molecular formula is C42H90P4. The van der Waals surface area contributed by atoms with Gasteiger partial charge in [-0.1, -0.05) is 186 Å². The molecule has 0 N–H and O–H groups in total. The van der Waals surface area contributed by atoms with E-state index in [1.165, 1.54) is 173 Å². The van der Waals surface area contributed by atoms with Crippen LogP contribution in [0.15, 0.2) is 0 Å². The molecular weight excluding hydrogens is 628 g/mol. The summed E-state index contributed by atoms with van der Waals surface area (Å²) in [6.07, 6.45) is 37.5. The summed E-state index contributed by atoms with van der Waals surface area (Å²) in [5.41, 5.74) is 0. The average molecular weight is 719 g/mol. The van der Waals surface area contributed by atoms with Crippen LogP contribution in [0.5, 0.6) is 0 Å². The molecule has 0 aromatic heterocycles. The van der Waals surface area contributed by atoms with E-state index in [2.05, 4.69) is 90.0 Å². The van der Waals surface area contributed by atoms with Crippen molar-refractivity contribution in [2.75, 3.05) is 0 Å². The van der Waals surface area contributed by atoms with Crippen molar-refractivity contribution in [2.45, 2.75) is 250 Å². The monoisotopic (exact) mass is 719 g/mol. The van der Waals surface area contributed by atoms with E-state index in [1.54, 1.807) is 0 Å². The second kappa shape index (κ2) is 28.3. The molecule has 0 aliphatic heterocycles. The molecule has 0 rings (SSSR count). The molecule has 0 nitrogen and oxygen atoms in total. The Hall–Kier alpha value is 1.72. The Balaban J connectivity index is 8.14. The minimum atomic E-state index is -0.360. The zero-order valence-corrected chi connectivity index (χ0v) is 37.9. The van der Waals surface area contributed by atoms with Gasteiger partial charge in [0.05, 0.1) is 0 Å². The summed E-state index contributed by atoms with van der Waals surface area (Å²) >= 11 is 0. The highest BCUT2D eigenvalue weighted by Crippen LogP contribution is 2.83. The van der Waals surface area contributed by atoms with Gasteiger partial charge in [0.25, 0.3) is 0 Å². The average Bonchev–Trinajstić information content (AvgIpc) is 3.05. The van der Waals surface area contributed by atoms with Crippen LogP contribution in [0.3, 0.4) is 0 Å². The quantitative estimate of drug-likeness (QED) is 0.0593. The lowest BCUT2D eigenvalue weighted by atomic mass is 9.88. The summed E-state index contributed by atoms with van der Waals surface area (Å²) in [5.74, 6) is 2.48. The van der Waals surface area contributed by atoms with E-state index >= 15 is 0 Å². The van der Waals surface area contributed by atoms with E-state index in [0.29, 0.717) is 14.7 Å². The third-order valence-electron chi connectivity index (χ3n) is 11.6. The number of hydrogen-bond acceptors (Lipinski definition) is 0. The predicted molar refractivity (Wildman–Crippen MR) is 230 cm³/mol. The molecule has 0 aliphatic rings. The standard InChI is InChI=1S/C42H90P4/c1-10-19-28-37(29-20-11-2)40(43,34-25-16-7)46(41(44,35-26-17-8)38(30-21-12-3)31-22-13-4)42(45,36-27-18-9)39(32-23-14-5)33-24-15-6/h37-39H,10-36,43-45H2,1-9H3. The van der Waals surface area contributed by atoms with Crippen molar-refractivity contribution in [3.8, 4) is 0 Å². The zero-order valence-electron chi connectivity index (χ0n) is 33.5. The van der Waals surface area contributed by atoms with Crippen LogP contribution in [0, 0.1) is 17.8 Å². The first-order chi connectivity index (χ1) is 22.1. The smallest absolute Gasteiger partial charge is 0.00936 e. The van der Waals surface area contributed by atoms with Gasteiger partial charge < -0.3 is 0 Å². The molecule has 0 bridgehead atoms. The lowest BCUT2D eigenvalue weighted by molar-refractivity contribution is 0.313. The zero-order chi connectivity index (χ0) is 34.9. The highest BCUT2D eigenvalue weighted by atomic mass is 31.2. The minimum Gasteiger partial charge on any atom is -0.126 e. The Kier molecular flexibility index (Phi) is 29.4. The molecule has 0 fully saturated rings. The van der Waals surface area contributed by atoms with Gasteiger partial charge in [0, 0.05) is 14.7 Å². The number of rotatable bonds is 33. The van der Waals surface area contributed by atoms with Gasteiger partial charge in [-0.3, -0.25) is 0 Å². The second-order valence-corrected chi connectivity index (χ2v) is 23.3. The number of unbranched alkanes of at least 4 members (excludes halogenated alkanes) is 9. The SMILES string of the molecule is CCCCC(CCCC)C(P)(CCCC)P(C(P)(CCCC)C(CCCC)CCCC)C(P)(CCCC)C(CCCC)CCCC. The van der Waals surface area contributed by atoms with Crippen molar-refractivity contribution in [3.05, 3.63) is 0 Å². The summed E-state index contributed by atoms with van der Waals surface area (Å²) < 4.78 is 0. The number of hydrogen-bond donors (Lipinski definition) is 0. The fourth-order valence-electron chi connectivity index (χ4n) is 8.67. The molecule has 0 amide bonds. The Bertz CT molecular complexity index is 570. The van der Waals surface area contributed by atoms with Gasteiger partial charge in [-0.15, -0.1) is 27.7 Å². The van der Waals surface area contributed by atoms with Gasteiger partial charge in [0.15, 0.2) is 0 Å². The largest absolute Gasteiger partial charge is 0.126 e. The fraction of sp³-hybridized carbons (Fsp3) is 1.00. The summed E-state index contributed by atoms with van der Waals surface area (Å²) in [6, 6.07) is 0. The summed E-state index contributed by atoms with van der Waals surface area (Å²) in [4.78, 5) is 1.02. The van der Waals surface area contributed by atoms with Gasteiger partial charge in [0.2, 0.25) is 0 Å². The fourth-order valence-corrected chi connectivity index (χ4v) is 21.3. The van der Waals surface area contributed by atoms with Crippen LogP contribution >= 0.6 is 35.6 Å². The molecule has 6 unspecified atom stereocenters. The van der Waals surface area contributed by atoms with Crippen LogP contribution in [0.1, 0.15) is 236 Å². The molecule has 0 radical (unpaired) electrons. The maximum atomic E-state index is 3.88. The van der Waals surface area contributed by atoms with Crippen molar-refractivity contribution in [3.63, 3.8) is 0 Å². The lowest BCUT2D eigenvalue weighted by Gasteiger charge is -2.63. The van der Waals surface area contributed by atoms with Crippen LogP contribution in [-0.4, -0.2) is 14.7 Å². The van der Waals surface area contributed by atoms with Crippen LogP contribution in [-0.2, 0) is 0 Å². The highest BCUT2D eigenvalue weighted by Gasteiger charge is 2.59.